The molecule has 102 valence electrons. The molecule has 0 spiro atoms. The number of nitrogens with two attached hydrogens (primary N) is 1. The monoisotopic (exact) mass is 262 g/mol. The van der Waals surface area contributed by atoms with E-state index in [1.54, 1.807) is 10.9 Å². The van der Waals surface area contributed by atoms with Crippen molar-refractivity contribution in [1.29, 1.82) is 0 Å². The lowest BCUT2D eigenvalue weighted by Gasteiger charge is -2.40. The number of carbonyl (C=O) groups is 2. The molecule has 1 saturated carbocycles. The maximum absolute atomic E-state index is 12.2. The first kappa shape index (κ1) is 12.2. The van der Waals surface area contributed by atoms with Crippen molar-refractivity contribution in [3.8, 4) is 0 Å². The SMILES string of the molecule is Cn1nccc1C1C(C(N)=O)CCC(=O)N1C1CC1. The second-order valence-electron chi connectivity index (χ2n) is 5.40. The molecule has 1 aliphatic carbocycles. The van der Waals surface area contributed by atoms with E-state index >= 15 is 0 Å². The first-order valence-corrected chi connectivity index (χ1v) is 6.68. The van der Waals surface area contributed by atoms with Gasteiger partial charge in [-0.3, -0.25) is 14.3 Å². The Kier molecular flexibility index (Phi) is 2.80. The lowest BCUT2D eigenvalue weighted by atomic mass is 9.86. The Morgan fingerprint density at radius 2 is 2.16 bits per heavy atom. The van der Waals surface area contributed by atoms with E-state index in [1.165, 1.54) is 0 Å². The molecule has 2 heterocycles. The van der Waals surface area contributed by atoms with Crippen LogP contribution in [0.4, 0.5) is 0 Å². The zero-order valence-electron chi connectivity index (χ0n) is 11.0. The molecule has 6 heteroatoms. The minimum Gasteiger partial charge on any atom is -0.369 e. The van der Waals surface area contributed by atoms with Gasteiger partial charge in [0.05, 0.1) is 17.7 Å². The lowest BCUT2D eigenvalue weighted by molar-refractivity contribution is -0.143. The van der Waals surface area contributed by atoms with Gasteiger partial charge in [-0.05, 0) is 25.3 Å². The fourth-order valence-electron chi connectivity index (χ4n) is 3.02. The van der Waals surface area contributed by atoms with Gasteiger partial charge in [0.15, 0.2) is 0 Å². The summed E-state index contributed by atoms with van der Waals surface area (Å²) < 4.78 is 1.73. The summed E-state index contributed by atoms with van der Waals surface area (Å²) in [5.74, 6) is -0.510. The van der Waals surface area contributed by atoms with Gasteiger partial charge in [-0.25, -0.2) is 0 Å². The number of piperidine rings is 1. The highest BCUT2D eigenvalue weighted by atomic mass is 16.2. The third-order valence-electron chi connectivity index (χ3n) is 4.11. The second-order valence-corrected chi connectivity index (χ2v) is 5.40. The zero-order valence-corrected chi connectivity index (χ0v) is 11.0. The average Bonchev–Trinajstić information content (AvgIpc) is 3.10. The van der Waals surface area contributed by atoms with Gasteiger partial charge in [0.25, 0.3) is 0 Å². The Hall–Kier alpha value is -1.85. The summed E-state index contributed by atoms with van der Waals surface area (Å²) in [7, 11) is 1.83. The second kappa shape index (κ2) is 4.36. The van der Waals surface area contributed by atoms with Crippen molar-refractivity contribution in [2.45, 2.75) is 37.8 Å². The predicted molar refractivity (Wildman–Crippen MR) is 67.7 cm³/mol. The van der Waals surface area contributed by atoms with Gasteiger partial charge in [0, 0.05) is 25.7 Å². The molecule has 2 aliphatic rings. The van der Waals surface area contributed by atoms with Crippen molar-refractivity contribution < 1.29 is 9.59 Å². The molecule has 2 amide bonds. The fraction of sp³-hybridized carbons (Fsp3) is 0.615. The Morgan fingerprint density at radius 1 is 1.42 bits per heavy atom. The van der Waals surface area contributed by atoms with E-state index in [1.807, 2.05) is 18.0 Å². The smallest absolute Gasteiger partial charge is 0.223 e. The highest BCUT2D eigenvalue weighted by Crippen LogP contribution is 2.43. The van der Waals surface area contributed by atoms with E-state index in [9.17, 15) is 9.59 Å². The van der Waals surface area contributed by atoms with E-state index < -0.39 is 0 Å². The molecule has 0 aromatic carbocycles. The Labute approximate surface area is 111 Å². The third-order valence-corrected chi connectivity index (χ3v) is 4.11. The van der Waals surface area contributed by atoms with Crippen molar-refractivity contribution in [3.05, 3.63) is 18.0 Å². The molecule has 1 aromatic heterocycles. The molecule has 2 atom stereocenters. The number of aryl methyl sites for hydroxylation is 1. The summed E-state index contributed by atoms with van der Waals surface area (Å²) in [6.07, 6.45) is 4.68. The van der Waals surface area contributed by atoms with E-state index in [4.69, 9.17) is 5.73 Å². The molecule has 2 N–H and O–H groups in total. The van der Waals surface area contributed by atoms with Crippen LogP contribution in [0.1, 0.15) is 37.4 Å². The predicted octanol–water partition coefficient (Wildman–Crippen LogP) is 0.347. The Bertz CT molecular complexity index is 520. The van der Waals surface area contributed by atoms with Gasteiger partial charge in [0.2, 0.25) is 11.8 Å². The topological polar surface area (TPSA) is 81.2 Å². The number of carbonyl (C=O) groups excluding carboxylic acids is 2. The lowest BCUT2D eigenvalue weighted by Crippen LogP contribution is -2.48. The first-order chi connectivity index (χ1) is 9.09. The largest absolute Gasteiger partial charge is 0.369 e. The number of likely N-dealkylation sites (tertiary alicyclic amines) is 1. The van der Waals surface area contributed by atoms with Crippen molar-refractivity contribution in [3.63, 3.8) is 0 Å². The van der Waals surface area contributed by atoms with Crippen LogP contribution in [0.25, 0.3) is 0 Å². The van der Waals surface area contributed by atoms with Gasteiger partial charge in [-0.15, -0.1) is 0 Å². The molecule has 2 unspecified atom stereocenters. The molecule has 2 fully saturated rings. The highest BCUT2D eigenvalue weighted by Gasteiger charge is 2.46. The molecule has 1 saturated heterocycles. The number of amides is 2. The summed E-state index contributed by atoms with van der Waals surface area (Å²) >= 11 is 0. The van der Waals surface area contributed by atoms with Crippen molar-refractivity contribution in [1.82, 2.24) is 14.7 Å². The molecular weight excluding hydrogens is 244 g/mol. The summed E-state index contributed by atoms with van der Waals surface area (Å²) in [5.41, 5.74) is 6.43. The van der Waals surface area contributed by atoms with Gasteiger partial charge in [-0.1, -0.05) is 0 Å². The molecule has 1 aliphatic heterocycles. The summed E-state index contributed by atoms with van der Waals surface area (Å²) in [5, 5.41) is 4.15. The normalized spacial score (nSPS) is 27.6. The standard InChI is InChI=1S/C13H18N4O2/c1-16-10(6-7-15-16)12-9(13(14)19)4-5-11(18)17(12)8-2-3-8/h6-9,12H,2-5H2,1H3,(H2,14,19). The first-order valence-electron chi connectivity index (χ1n) is 6.68. The quantitative estimate of drug-likeness (QED) is 0.853. The van der Waals surface area contributed by atoms with E-state index in [0.29, 0.717) is 12.8 Å². The molecule has 1 aromatic rings. The number of hydrogen-bond acceptors (Lipinski definition) is 3. The Balaban J connectivity index is 2.02. The molecule has 0 radical (unpaired) electrons. The highest BCUT2D eigenvalue weighted by molar-refractivity contribution is 5.84. The van der Waals surface area contributed by atoms with Crippen LogP contribution in [0.5, 0.6) is 0 Å². The molecule has 3 rings (SSSR count). The fourth-order valence-corrected chi connectivity index (χ4v) is 3.02. The number of rotatable bonds is 3. The van der Waals surface area contributed by atoms with Crippen LogP contribution >= 0.6 is 0 Å². The van der Waals surface area contributed by atoms with Crippen LogP contribution in [0.15, 0.2) is 12.3 Å². The number of hydrogen-bond donors (Lipinski definition) is 1. The minimum absolute atomic E-state index is 0.131. The minimum atomic E-state index is -0.329. The molecule has 0 bridgehead atoms. The summed E-state index contributed by atoms with van der Waals surface area (Å²) in [4.78, 5) is 25.8. The van der Waals surface area contributed by atoms with Crippen LogP contribution in [0.3, 0.4) is 0 Å². The van der Waals surface area contributed by atoms with Crippen LogP contribution in [0.2, 0.25) is 0 Å². The van der Waals surface area contributed by atoms with Crippen molar-refractivity contribution >= 4 is 11.8 Å². The van der Waals surface area contributed by atoms with Crippen molar-refractivity contribution in [2.24, 2.45) is 18.7 Å². The van der Waals surface area contributed by atoms with Gasteiger partial charge in [-0.2, -0.15) is 5.10 Å². The van der Waals surface area contributed by atoms with E-state index in [2.05, 4.69) is 5.10 Å². The summed E-state index contributed by atoms with van der Waals surface area (Å²) in [6, 6.07) is 1.89. The molecule has 6 nitrogen and oxygen atoms in total. The van der Waals surface area contributed by atoms with Crippen LogP contribution in [-0.4, -0.2) is 32.5 Å². The average molecular weight is 262 g/mol. The third kappa shape index (κ3) is 2.01. The van der Waals surface area contributed by atoms with Crippen molar-refractivity contribution in [2.75, 3.05) is 0 Å². The Morgan fingerprint density at radius 3 is 2.68 bits per heavy atom. The number of nitrogens with zero attached hydrogens (tertiary/aromatic N) is 3. The van der Waals surface area contributed by atoms with Gasteiger partial charge in [0.1, 0.15) is 0 Å². The van der Waals surface area contributed by atoms with E-state index in [0.717, 1.165) is 18.5 Å². The van der Waals surface area contributed by atoms with Crippen LogP contribution < -0.4 is 5.73 Å². The van der Waals surface area contributed by atoms with Gasteiger partial charge < -0.3 is 10.6 Å². The van der Waals surface area contributed by atoms with Crippen LogP contribution in [0, 0.1) is 5.92 Å². The van der Waals surface area contributed by atoms with E-state index in [-0.39, 0.29) is 29.8 Å². The number of primary amides is 1. The van der Waals surface area contributed by atoms with Gasteiger partial charge >= 0.3 is 0 Å². The molecular formula is C13H18N4O2. The number of aromatic nitrogens is 2. The zero-order chi connectivity index (χ0) is 13.6. The maximum atomic E-state index is 12.2. The molecule has 19 heavy (non-hydrogen) atoms. The maximum Gasteiger partial charge on any atom is 0.223 e. The van der Waals surface area contributed by atoms with Crippen LogP contribution in [-0.2, 0) is 16.6 Å². The summed E-state index contributed by atoms with van der Waals surface area (Å²) in [6.45, 7) is 0.